The molecule has 0 unspecified atom stereocenters. The third-order valence-corrected chi connectivity index (χ3v) is 8.00. The van der Waals surface area contributed by atoms with E-state index >= 15 is 0 Å². The number of thioether (sulfide) groups is 1. The van der Waals surface area contributed by atoms with Crippen molar-refractivity contribution in [3.63, 3.8) is 0 Å². The van der Waals surface area contributed by atoms with Crippen molar-refractivity contribution in [2.75, 3.05) is 18.1 Å². The van der Waals surface area contributed by atoms with Crippen LogP contribution < -0.4 is 10.0 Å². The minimum atomic E-state index is -3.33. The van der Waals surface area contributed by atoms with Gasteiger partial charge in [-0.2, -0.15) is 11.8 Å². The average molecular weight is 347 g/mol. The molecule has 2 heterocycles. The molecule has 1 aromatic heterocycles. The molecule has 1 saturated heterocycles. The standard InChI is InChI=1S/C14H22N2O2S3/c17-21(18,16-9-11-5-7-19-8-6-11)14-4-3-13(20-14)10-15-12-1-2-12/h3-4,11-12,15-16H,1-2,5-10H2. The lowest BCUT2D eigenvalue weighted by atomic mass is 10.0. The molecule has 2 N–H and O–H groups in total. The van der Waals surface area contributed by atoms with Crippen LogP contribution in [0.1, 0.15) is 30.6 Å². The summed E-state index contributed by atoms with van der Waals surface area (Å²) in [6.07, 6.45) is 4.73. The number of rotatable bonds is 7. The lowest BCUT2D eigenvalue weighted by Gasteiger charge is -2.21. The summed E-state index contributed by atoms with van der Waals surface area (Å²) in [5.74, 6) is 2.81. The Bertz CT molecular complexity index is 561. The van der Waals surface area contributed by atoms with E-state index in [0.29, 0.717) is 22.7 Å². The van der Waals surface area contributed by atoms with Gasteiger partial charge in [-0.3, -0.25) is 0 Å². The first-order valence-corrected chi connectivity index (χ1v) is 11.0. The van der Waals surface area contributed by atoms with Crippen LogP contribution in [-0.4, -0.2) is 32.5 Å². The molecule has 118 valence electrons. The summed E-state index contributed by atoms with van der Waals surface area (Å²) >= 11 is 3.34. The smallest absolute Gasteiger partial charge is 0.250 e. The summed E-state index contributed by atoms with van der Waals surface area (Å²) < 4.78 is 27.9. The van der Waals surface area contributed by atoms with E-state index in [1.807, 2.05) is 17.8 Å². The average Bonchev–Trinajstić information content (AvgIpc) is 3.20. The number of hydrogen-bond acceptors (Lipinski definition) is 5. The molecule has 7 heteroatoms. The van der Waals surface area contributed by atoms with Gasteiger partial charge < -0.3 is 5.32 Å². The van der Waals surface area contributed by atoms with Gasteiger partial charge in [-0.15, -0.1) is 11.3 Å². The molecule has 0 atom stereocenters. The third-order valence-electron chi connectivity index (χ3n) is 3.95. The molecule has 2 fully saturated rings. The molecule has 0 spiro atoms. The van der Waals surface area contributed by atoms with Gasteiger partial charge >= 0.3 is 0 Å². The zero-order valence-electron chi connectivity index (χ0n) is 12.0. The molecule has 0 radical (unpaired) electrons. The molecule has 0 bridgehead atoms. The van der Waals surface area contributed by atoms with Gasteiger partial charge in [-0.1, -0.05) is 0 Å². The Kier molecular flexibility index (Phi) is 5.27. The molecular formula is C14H22N2O2S3. The molecule has 1 aliphatic carbocycles. The fraction of sp³-hybridized carbons (Fsp3) is 0.714. The van der Waals surface area contributed by atoms with Gasteiger partial charge in [-0.05, 0) is 55.2 Å². The van der Waals surface area contributed by atoms with E-state index in [9.17, 15) is 8.42 Å². The quantitative estimate of drug-likeness (QED) is 0.796. The Hall–Kier alpha value is -0.0800. The van der Waals surface area contributed by atoms with E-state index in [-0.39, 0.29) is 0 Å². The van der Waals surface area contributed by atoms with Crippen LogP contribution in [0.15, 0.2) is 16.3 Å². The van der Waals surface area contributed by atoms with Crippen LogP contribution in [0.4, 0.5) is 0 Å². The largest absolute Gasteiger partial charge is 0.309 e. The third kappa shape index (κ3) is 4.69. The first-order chi connectivity index (χ1) is 10.1. The lowest BCUT2D eigenvalue weighted by Crippen LogP contribution is -2.30. The molecule has 0 aromatic carbocycles. The summed E-state index contributed by atoms with van der Waals surface area (Å²) in [5.41, 5.74) is 0. The van der Waals surface area contributed by atoms with Crippen LogP contribution in [0.5, 0.6) is 0 Å². The second-order valence-electron chi connectivity index (χ2n) is 5.78. The van der Waals surface area contributed by atoms with Gasteiger partial charge in [0, 0.05) is 24.0 Å². The first kappa shape index (κ1) is 15.8. The van der Waals surface area contributed by atoms with Crippen LogP contribution in [0.2, 0.25) is 0 Å². The number of thiophene rings is 1. The van der Waals surface area contributed by atoms with Crippen molar-refractivity contribution in [2.24, 2.45) is 5.92 Å². The van der Waals surface area contributed by atoms with Gasteiger partial charge in [0.05, 0.1) is 0 Å². The maximum absolute atomic E-state index is 12.3. The Balaban J connectivity index is 1.53. The maximum atomic E-state index is 12.3. The van der Waals surface area contributed by atoms with E-state index in [4.69, 9.17) is 0 Å². The monoisotopic (exact) mass is 346 g/mol. The van der Waals surface area contributed by atoms with Crippen LogP contribution in [0.3, 0.4) is 0 Å². The SMILES string of the molecule is O=S(=O)(NCC1CCSCC1)c1ccc(CNC2CC2)s1. The zero-order chi connectivity index (χ0) is 14.7. The summed E-state index contributed by atoms with van der Waals surface area (Å²) in [6, 6.07) is 4.30. The Morgan fingerprint density at radius 2 is 1.90 bits per heavy atom. The van der Waals surface area contributed by atoms with Gasteiger partial charge in [0.25, 0.3) is 0 Å². The van der Waals surface area contributed by atoms with Gasteiger partial charge in [0.2, 0.25) is 10.0 Å². The summed E-state index contributed by atoms with van der Waals surface area (Å²) in [7, 11) is -3.33. The lowest BCUT2D eigenvalue weighted by molar-refractivity contribution is 0.477. The van der Waals surface area contributed by atoms with Crippen molar-refractivity contribution in [3.05, 3.63) is 17.0 Å². The van der Waals surface area contributed by atoms with Crippen molar-refractivity contribution in [1.29, 1.82) is 0 Å². The molecule has 21 heavy (non-hydrogen) atoms. The predicted octanol–water partition coefficient (Wildman–Crippen LogP) is 2.42. The highest BCUT2D eigenvalue weighted by atomic mass is 32.2. The van der Waals surface area contributed by atoms with E-state index in [2.05, 4.69) is 10.0 Å². The summed E-state index contributed by atoms with van der Waals surface area (Å²) in [4.78, 5) is 1.09. The minimum Gasteiger partial charge on any atom is -0.309 e. The molecule has 0 amide bonds. The molecule has 2 aliphatic rings. The topological polar surface area (TPSA) is 58.2 Å². The number of hydrogen-bond donors (Lipinski definition) is 2. The zero-order valence-corrected chi connectivity index (χ0v) is 14.5. The van der Waals surface area contributed by atoms with E-state index in [1.54, 1.807) is 6.07 Å². The molecule has 4 nitrogen and oxygen atoms in total. The van der Waals surface area contributed by atoms with Crippen LogP contribution in [-0.2, 0) is 16.6 Å². The molecule has 1 aliphatic heterocycles. The van der Waals surface area contributed by atoms with Crippen LogP contribution in [0.25, 0.3) is 0 Å². The van der Waals surface area contributed by atoms with Crippen molar-refractivity contribution in [2.45, 2.75) is 42.5 Å². The van der Waals surface area contributed by atoms with Crippen molar-refractivity contribution >= 4 is 33.1 Å². The highest BCUT2D eigenvalue weighted by molar-refractivity contribution is 7.99. The predicted molar refractivity (Wildman–Crippen MR) is 89.4 cm³/mol. The van der Waals surface area contributed by atoms with Gasteiger partial charge in [0.15, 0.2) is 0 Å². The Morgan fingerprint density at radius 3 is 2.62 bits per heavy atom. The fourth-order valence-corrected chi connectivity index (χ4v) is 6.05. The highest BCUT2D eigenvalue weighted by Gasteiger charge is 2.22. The number of nitrogens with one attached hydrogen (secondary N) is 2. The van der Waals surface area contributed by atoms with Crippen LogP contribution in [0, 0.1) is 5.92 Å². The van der Waals surface area contributed by atoms with E-state index in [1.165, 1.54) is 24.2 Å². The molecule has 3 rings (SSSR count). The molecular weight excluding hydrogens is 324 g/mol. The molecule has 1 aromatic rings. The minimum absolute atomic E-state index is 0.445. The fourth-order valence-electron chi connectivity index (χ4n) is 2.38. The second kappa shape index (κ2) is 7.00. The Morgan fingerprint density at radius 1 is 1.14 bits per heavy atom. The van der Waals surface area contributed by atoms with E-state index in [0.717, 1.165) is 35.8 Å². The van der Waals surface area contributed by atoms with E-state index < -0.39 is 10.0 Å². The Labute approximate surface area is 135 Å². The number of sulfonamides is 1. The van der Waals surface area contributed by atoms with Crippen molar-refractivity contribution < 1.29 is 8.42 Å². The molecule has 1 saturated carbocycles. The first-order valence-electron chi connectivity index (χ1n) is 7.53. The van der Waals surface area contributed by atoms with Gasteiger partial charge in [-0.25, -0.2) is 13.1 Å². The summed E-state index contributed by atoms with van der Waals surface area (Å²) in [5, 5.41) is 3.41. The maximum Gasteiger partial charge on any atom is 0.250 e. The van der Waals surface area contributed by atoms with Crippen molar-refractivity contribution in [1.82, 2.24) is 10.0 Å². The summed E-state index contributed by atoms with van der Waals surface area (Å²) in [6.45, 7) is 1.36. The van der Waals surface area contributed by atoms with Crippen molar-refractivity contribution in [3.8, 4) is 0 Å². The van der Waals surface area contributed by atoms with Gasteiger partial charge in [0.1, 0.15) is 4.21 Å². The normalized spacial score (nSPS) is 20.8. The highest BCUT2D eigenvalue weighted by Crippen LogP contribution is 2.25. The van der Waals surface area contributed by atoms with Crippen LogP contribution >= 0.6 is 23.1 Å². The second-order valence-corrected chi connectivity index (χ2v) is 10.2.